The Bertz CT molecular complexity index is 1200. The number of hydrogen-bond acceptors (Lipinski definition) is 6. The first-order valence-electron chi connectivity index (χ1n) is 13.0. The Morgan fingerprint density at radius 2 is 1.84 bits per heavy atom. The number of amides is 1. The number of aromatic nitrogens is 2. The number of ether oxygens (including phenoxy) is 1. The van der Waals surface area contributed by atoms with Gasteiger partial charge in [-0.1, -0.05) is 45.0 Å². The molecule has 3 N–H and O–H groups in total. The highest BCUT2D eigenvalue weighted by atomic mass is 16.5. The first-order valence-corrected chi connectivity index (χ1v) is 13.0. The third kappa shape index (κ3) is 8.13. The molecule has 0 saturated carbocycles. The van der Waals surface area contributed by atoms with E-state index in [9.17, 15) is 19.8 Å². The minimum Gasteiger partial charge on any atom is -0.506 e. The van der Waals surface area contributed by atoms with Crippen LogP contribution in [0.1, 0.15) is 86.6 Å². The van der Waals surface area contributed by atoms with Gasteiger partial charge in [-0.15, -0.1) is 0 Å². The van der Waals surface area contributed by atoms with Gasteiger partial charge in [0.1, 0.15) is 5.75 Å². The molecule has 1 atom stereocenters. The van der Waals surface area contributed by atoms with Crippen LogP contribution in [0.15, 0.2) is 42.6 Å². The maximum absolute atomic E-state index is 12.7. The molecule has 0 saturated heterocycles. The molecular formula is C30H43N3O5. The number of nitrogens with zero attached hydrogens (tertiary/aromatic N) is 2. The van der Waals surface area contributed by atoms with Crippen molar-refractivity contribution in [1.82, 2.24) is 15.1 Å². The molecule has 3 rings (SSSR count). The van der Waals surface area contributed by atoms with Crippen molar-refractivity contribution >= 4 is 22.6 Å². The topological polar surface area (TPSA) is 114 Å². The molecule has 3 aromatic rings. The predicted octanol–water partition coefficient (Wildman–Crippen LogP) is 5.45. The highest BCUT2D eigenvalue weighted by Gasteiger charge is 2.19. The molecule has 8 heteroatoms. The molecule has 1 unspecified atom stereocenters. The zero-order valence-electron chi connectivity index (χ0n) is 22.3. The molecule has 1 aromatic heterocycles. The summed E-state index contributed by atoms with van der Waals surface area (Å²) in [4.78, 5) is 25.1. The second-order valence-electron chi connectivity index (χ2n) is 10.1. The fourth-order valence-corrected chi connectivity index (χ4v) is 4.53. The minimum absolute atomic E-state index is 0. The number of ketones is 1. The SMILES string of the molecule is C.CCCC(CCCC(=O)c1ccc(C(C)(C)O)cc1)Cn1cc2c(O)c(C(=O)NCCOC)ccc2n1. The number of methoxy groups -OCH3 is 1. The summed E-state index contributed by atoms with van der Waals surface area (Å²) in [5.41, 5.74) is 1.36. The first kappa shape index (κ1) is 31.0. The van der Waals surface area contributed by atoms with Crippen molar-refractivity contribution in [3.8, 4) is 5.75 Å². The molecule has 2 aromatic carbocycles. The molecule has 0 aliphatic rings. The molecule has 208 valence electrons. The lowest BCUT2D eigenvalue weighted by molar-refractivity contribution is 0.0784. The van der Waals surface area contributed by atoms with Gasteiger partial charge < -0.3 is 20.3 Å². The zero-order chi connectivity index (χ0) is 27.0. The highest BCUT2D eigenvalue weighted by molar-refractivity contribution is 6.02. The summed E-state index contributed by atoms with van der Waals surface area (Å²) in [5.74, 6) is 0.00609. The standard InChI is InChI=1S/C29H39N3O5.CH4/c1-5-7-20(8-6-9-26(33)21-10-12-22(13-11-21)29(2,3)36)18-32-19-24-25(31-32)15-14-23(27(24)34)28(35)30-16-17-37-4;/h10-15,19-20,34,36H,5-9,16-18H2,1-4H3,(H,30,35);1H4. The van der Waals surface area contributed by atoms with Crippen molar-refractivity contribution < 1.29 is 24.5 Å². The molecule has 1 heterocycles. The Kier molecular flexibility index (Phi) is 11.5. The van der Waals surface area contributed by atoms with E-state index in [4.69, 9.17) is 4.74 Å². The van der Waals surface area contributed by atoms with Crippen LogP contribution >= 0.6 is 0 Å². The second-order valence-corrected chi connectivity index (χ2v) is 10.1. The maximum Gasteiger partial charge on any atom is 0.255 e. The number of rotatable bonds is 14. The van der Waals surface area contributed by atoms with Gasteiger partial charge in [0.05, 0.1) is 28.7 Å². The lowest BCUT2D eigenvalue weighted by Crippen LogP contribution is -2.26. The van der Waals surface area contributed by atoms with E-state index in [0.29, 0.717) is 48.5 Å². The van der Waals surface area contributed by atoms with E-state index in [-0.39, 0.29) is 30.4 Å². The summed E-state index contributed by atoms with van der Waals surface area (Å²) in [6.45, 7) is 7.02. The Hall–Kier alpha value is -3.23. The van der Waals surface area contributed by atoms with Crippen LogP contribution in [0.5, 0.6) is 5.75 Å². The maximum atomic E-state index is 12.7. The Morgan fingerprint density at radius 3 is 2.47 bits per heavy atom. The summed E-state index contributed by atoms with van der Waals surface area (Å²) in [6.07, 6.45) is 5.93. The molecule has 0 aliphatic carbocycles. The van der Waals surface area contributed by atoms with Crippen LogP contribution in [-0.4, -0.2) is 51.9 Å². The molecule has 0 aliphatic heterocycles. The molecule has 0 bridgehead atoms. The van der Waals surface area contributed by atoms with E-state index < -0.39 is 5.60 Å². The van der Waals surface area contributed by atoms with E-state index >= 15 is 0 Å². The van der Waals surface area contributed by atoms with E-state index in [1.807, 2.05) is 4.68 Å². The second kappa shape index (κ2) is 14.1. The number of Topliss-reactive ketones (excluding diaryl/α,β-unsaturated/α-hetero) is 1. The summed E-state index contributed by atoms with van der Waals surface area (Å²) < 4.78 is 6.78. The number of aliphatic hydroxyl groups is 1. The minimum atomic E-state index is -0.929. The van der Waals surface area contributed by atoms with Crippen LogP contribution < -0.4 is 5.32 Å². The van der Waals surface area contributed by atoms with Crippen molar-refractivity contribution in [2.45, 2.75) is 72.4 Å². The monoisotopic (exact) mass is 525 g/mol. The van der Waals surface area contributed by atoms with Gasteiger partial charge in [0.15, 0.2) is 5.78 Å². The van der Waals surface area contributed by atoms with Gasteiger partial charge in [0.25, 0.3) is 5.91 Å². The number of benzene rings is 2. The largest absolute Gasteiger partial charge is 0.506 e. The fourth-order valence-electron chi connectivity index (χ4n) is 4.53. The fraction of sp³-hybridized carbons (Fsp3) is 0.500. The predicted molar refractivity (Wildman–Crippen MR) is 151 cm³/mol. The molecule has 0 fully saturated rings. The quantitative estimate of drug-likeness (QED) is 0.190. The number of carbonyl (C=O) groups excluding carboxylic acids is 2. The summed E-state index contributed by atoms with van der Waals surface area (Å²) in [7, 11) is 1.56. The number of aromatic hydroxyl groups is 1. The Morgan fingerprint density at radius 1 is 1.13 bits per heavy atom. The molecule has 38 heavy (non-hydrogen) atoms. The smallest absolute Gasteiger partial charge is 0.255 e. The lowest BCUT2D eigenvalue weighted by Gasteiger charge is -2.18. The summed E-state index contributed by atoms with van der Waals surface area (Å²) in [5, 5.41) is 28.7. The lowest BCUT2D eigenvalue weighted by atomic mass is 9.93. The summed E-state index contributed by atoms with van der Waals surface area (Å²) in [6, 6.07) is 10.5. The number of phenols is 1. The van der Waals surface area contributed by atoms with Crippen molar-refractivity contribution in [2.75, 3.05) is 20.3 Å². The molecule has 8 nitrogen and oxygen atoms in total. The number of hydrogen-bond donors (Lipinski definition) is 3. The molecule has 1 amide bonds. The third-order valence-electron chi connectivity index (χ3n) is 6.62. The highest BCUT2D eigenvalue weighted by Crippen LogP contribution is 2.29. The summed E-state index contributed by atoms with van der Waals surface area (Å²) >= 11 is 0. The number of nitrogens with one attached hydrogen (secondary N) is 1. The van der Waals surface area contributed by atoms with Crippen molar-refractivity contribution in [3.63, 3.8) is 0 Å². The van der Waals surface area contributed by atoms with Gasteiger partial charge >= 0.3 is 0 Å². The van der Waals surface area contributed by atoms with E-state index in [1.54, 1.807) is 63.6 Å². The average molecular weight is 526 g/mol. The van der Waals surface area contributed by atoms with Crippen LogP contribution in [0.3, 0.4) is 0 Å². The van der Waals surface area contributed by atoms with Crippen molar-refractivity contribution in [3.05, 3.63) is 59.3 Å². The van der Waals surface area contributed by atoms with Crippen LogP contribution in [0.2, 0.25) is 0 Å². The Balaban J connectivity index is 0.00000507. The van der Waals surface area contributed by atoms with Gasteiger partial charge in [0.2, 0.25) is 0 Å². The van der Waals surface area contributed by atoms with Crippen molar-refractivity contribution in [2.24, 2.45) is 5.92 Å². The average Bonchev–Trinajstić information content (AvgIpc) is 3.27. The van der Waals surface area contributed by atoms with Crippen LogP contribution in [0, 0.1) is 5.92 Å². The molecular weight excluding hydrogens is 482 g/mol. The third-order valence-corrected chi connectivity index (χ3v) is 6.62. The van der Waals surface area contributed by atoms with Crippen LogP contribution in [0.25, 0.3) is 10.9 Å². The number of carbonyl (C=O) groups is 2. The van der Waals surface area contributed by atoms with Crippen molar-refractivity contribution in [1.29, 1.82) is 0 Å². The number of fused-ring (bicyclic) bond motifs is 1. The van der Waals surface area contributed by atoms with E-state index in [2.05, 4.69) is 17.3 Å². The van der Waals surface area contributed by atoms with Gasteiger partial charge in [-0.3, -0.25) is 14.3 Å². The van der Waals surface area contributed by atoms with E-state index in [0.717, 1.165) is 31.2 Å². The molecule has 0 radical (unpaired) electrons. The van der Waals surface area contributed by atoms with E-state index in [1.165, 1.54) is 0 Å². The first-order chi connectivity index (χ1) is 17.6. The zero-order valence-corrected chi connectivity index (χ0v) is 22.3. The Labute approximate surface area is 226 Å². The van der Waals surface area contributed by atoms with Crippen LogP contribution in [0.4, 0.5) is 0 Å². The van der Waals surface area contributed by atoms with Crippen LogP contribution in [-0.2, 0) is 16.9 Å². The van der Waals surface area contributed by atoms with Gasteiger partial charge in [-0.25, -0.2) is 0 Å². The molecule has 0 spiro atoms. The normalized spacial score (nSPS) is 12.2. The van der Waals surface area contributed by atoms with Gasteiger partial charge in [-0.05, 0) is 56.7 Å². The van der Waals surface area contributed by atoms with Gasteiger partial charge in [-0.2, -0.15) is 5.10 Å². The van der Waals surface area contributed by atoms with Gasteiger partial charge in [0, 0.05) is 38.4 Å². The number of phenolic OH excluding ortho intramolecular Hbond substituents is 1.